The van der Waals surface area contributed by atoms with Gasteiger partial charge in [0.1, 0.15) is 22.5 Å². The Morgan fingerprint density at radius 1 is 1.12 bits per heavy atom. The van der Waals surface area contributed by atoms with E-state index in [1.54, 1.807) is 27.6 Å². The molecular weight excluding hydrogens is 591 g/mol. The van der Waals surface area contributed by atoms with Crippen molar-refractivity contribution in [2.75, 3.05) is 26.2 Å². The van der Waals surface area contributed by atoms with Crippen molar-refractivity contribution in [1.82, 2.24) is 14.3 Å². The van der Waals surface area contributed by atoms with Crippen LogP contribution in [-0.4, -0.2) is 64.6 Å². The van der Waals surface area contributed by atoms with Gasteiger partial charge in [-0.1, -0.05) is 43.1 Å². The third kappa shape index (κ3) is 7.81. The van der Waals surface area contributed by atoms with Gasteiger partial charge in [-0.05, 0) is 30.7 Å². The van der Waals surface area contributed by atoms with Gasteiger partial charge in [0.05, 0.1) is 36.3 Å². The number of hydrogen-bond acceptors (Lipinski definition) is 4. The standard InChI is InChI=1S/C25H29Cl2FN4O2.C2HF3O2/c1-15(2)16(3)30-7-4-8-31(10-9-30)25(34)19-12-17(5-6-21(19)28)11-18-14-29-24(33)22-13-20(26)23(27)32(18)22;3-2(4,5)1(6)7/h5-6,12-16H,4,7-11H2,1-3H3,(H,29,33);(H,6,7). The number of amides is 1. The molecule has 3 heterocycles. The Hall–Kier alpha value is -3.09. The molecule has 1 saturated heterocycles. The maximum absolute atomic E-state index is 14.8. The molecule has 1 amide bonds. The van der Waals surface area contributed by atoms with Crippen molar-refractivity contribution < 1.29 is 37.2 Å². The summed E-state index contributed by atoms with van der Waals surface area (Å²) in [6.45, 7) is 9.78. The van der Waals surface area contributed by atoms with Crippen LogP contribution < -0.4 is 15.6 Å². The number of nitrogens with one attached hydrogen (secondary N) is 2. The number of halogens is 6. The number of aromatic nitrogens is 2. The van der Waals surface area contributed by atoms with E-state index in [2.05, 4.69) is 25.8 Å². The van der Waals surface area contributed by atoms with Crippen LogP contribution >= 0.6 is 23.2 Å². The summed E-state index contributed by atoms with van der Waals surface area (Å²) in [6.07, 6.45) is -2.41. The van der Waals surface area contributed by atoms with E-state index in [4.69, 9.17) is 33.1 Å². The fourth-order valence-corrected chi connectivity index (χ4v) is 5.13. The number of carbonyl (C=O) groups excluding carboxylic acids is 2. The Morgan fingerprint density at radius 3 is 2.39 bits per heavy atom. The van der Waals surface area contributed by atoms with Gasteiger partial charge in [-0.3, -0.25) is 14.0 Å². The van der Waals surface area contributed by atoms with Crippen LogP contribution in [0.5, 0.6) is 0 Å². The largest absolute Gasteiger partial charge is 0.542 e. The summed E-state index contributed by atoms with van der Waals surface area (Å²) < 4.78 is 47.9. The number of hydrogen-bond donors (Lipinski definition) is 2. The minimum atomic E-state index is -5.19. The van der Waals surface area contributed by atoms with Gasteiger partial charge < -0.3 is 24.7 Å². The highest BCUT2D eigenvalue weighted by Gasteiger charge is 2.29. The zero-order valence-corrected chi connectivity index (χ0v) is 24.1. The Kier molecular flexibility index (Phi) is 10.5. The molecule has 2 unspecified atom stereocenters. The number of aromatic amines is 1. The smallest absolute Gasteiger partial charge is 0.430 e. The molecule has 1 aliphatic rings. The number of carbonyl (C=O) groups is 2. The summed E-state index contributed by atoms with van der Waals surface area (Å²) in [6, 6.07) is 6.58. The molecule has 1 aliphatic heterocycles. The zero-order chi connectivity index (χ0) is 30.6. The van der Waals surface area contributed by atoms with E-state index in [1.807, 2.05) is 0 Å². The van der Waals surface area contributed by atoms with E-state index in [9.17, 15) is 27.2 Å². The van der Waals surface area contributed by atoms with Crippen molar-refractivity contribution in [3.8, 4) is 0 Å². The van der Waals surface area contributed by atoms with Crippen LogP contribution in [0.1, 0.15) is 48.8 Å². The number of quaternary nitrogens is 1. The summed E-state index contributed by atoms with van der Waals surface area (Å²) >= 11 is 12.4. The summed E-state index contributed by atoms with van der Waals surface area (Å²) in [5, 5.41) is 9.30. The van der Waals surface area contributed by atoms with Crippen molar-refractivity contribution in [2.24, 2.45) is 5.92 Å². The van der Waals surface area contributed by atoms with Crippen molar-refractivity contribution >= 4 is 40.6 Å². The normalized spacial score (nSPS) is 16.7. The molecule has 1 aromatic carbocycles. The lowest BCUT2D eigenvalue weighted by atomic mass is 10.0. The summed E-state index contributed by atoms with van der Waals surface area (Å²) in [7, 11) is 0. The number of carboxylic acid groups (broad SMARTS) is 1. The highest BCUT2D eigenvalue weighted by molar-refractivity contribution is 6.42. The molecule has 0 bridgehead atoms. The Balaban J connectivity index is 0.000000587. The van der Waals surface area contributed by atoms with E-state index in [-0.39, 0.29) is 27.2 Å². The SMILES string of the molecule is CC(C)C(C)[NH+]1CCCN(C(=O)c2cc(Cc3c[nH]c(=O)c4cc(Cl)c(Cl)n34)ccc2F)CC1.O=C([O-])C(F)(F)F. The average Bonchev–Trinajstić information content (AvgIpc) is 3.06. The lowest BCUT2D eigenvalue weighted by Crippen LogP contribution is -3.16. The lowest BCUT2D eigenvalue weighted by Gasteiger charge is -2.27. The van der Waals surface area contributed by atoms with E-state index < -0.39 is 18.0 Å². The topological polar surface area (TPSA) is 102 Å². The predicted molar refractivity (Wildman–Crippen MR) is 144 cm³/mol. The molecule has 2 N–H and O–H groups in total. The number of H-pyrrole nitrogens is 1. The summed E-state index contributed by atoms with van der Waals surface area (Å²) in [5.41, 5.74) is 1.49. The van der Waals surface area contributed by atoms with Gasteiger partial charge in [-0.15, -0.1) is 0 Å². The van der Waals surface area contributed by atoms with E-state index >= 15 is 0 Å². The van der Waals surface area contributed by atoms with E-state index in [0.717, 1.165) is 25.1 Å². The number of aliphatic carboxylic acids is 1. The van der Waals surface area contributed by atoms with Crippen LogP contribution in [0.15, 0.2) is 35.3 Å². The van der Waals surface area contributed by atoms with Crippen LogP contribution in [0, 0.1) is 11.7 Å². The quantitative estimate of drug-likeness (QED) is 0.428. The minimum absolute atomic E-state index is 0.0650. The first-order valence-electron chi connectivity index (χ1n) is 12.9. The first kappa shape index (κ1) is 32.4. The molecule has 0 spiro atoms. The van der Waals surface area contributed by atoms with Crippen molar-refractivity contribution in [2.45, 2.75) is 45.8 Å². The predicted octanol–water partition coefficient (Wildman–Crippen LogP) is 2.74. The van der Waals surface area contributed by atoms with Crippen LogP contribution in [0.3, 0.4) is 0 Å². The Morgan fingerprint density at radius 2 is 1.78 bits per heavy atom. The van der Waals surface area contributed by atoms with Crippen molar-refractivity contribution in [3.05, 3.63) is 73.6 Å². The number of nitrogens with zero attached hydrogens (tertiary/aromatic N) is 2. The van der Waals surface area contributed by atoms with E-state index in [0.29, 0.717) is 42.7 Å². The molecule has 14 heteroatoms. The third-order valence-corrected chi connectivity index (χ3v) is 7.98. The van der Waals surface area contributed by atoms with Gasteiger partial charge in [0.2, 0.25) is 0 Å². The molecule has 224 valence electrons. The maximum Gasteiger partial charge on any atom is 0.430 e. The molecule has 2 atom stereocenters. The average molecular weight is 621 g/mol. The summed E-state index contributed by atoms with van der Waals surface area (Å²) in [5.74, 6) is -3.26. The molecule has 0 radical (unpaired) electrons. The van der Waals surface area contributed by atoms with Gasteiger partial charge in [0.15, 0.2) is 0 Å². The maximum atomic E-state index is 14.8. The van der Waals surface area contributed by atoms with Crippen LogP contribution in [0.2, 0.25) is 10.2 Å². The highest BCUT2D eigenvalue weighted by atomic mass is 35.5. The monoisotopic (exact) mass is 620 g/mol. The minimum Gasteiger partial charge on any atom is -0.542 e. The van der Waals surface area contributed by atoms with Crippen molar-refractivity contribution in [1.29, 1.82) is 0 Å². The van der Waals surface area contributed by atoms with Gasteiger partial charge in [0.25, 0.3) is 11.5 Å². The van der Waals surface area contributed by atoms with Gasteiger partial charge >= 0.3 is 6.18 Å². The molecular formula is C27H30Cl2F4N4O4. The molecule has 4 rings (SSSR count). The van der Waals surface area contributed by atoms with Gasteiger partial charge in [-0.25, -0.2) is 4.39 Å². The first-order chi connectivity index (χ1) is 19.1. The number of benzene rings is 1. The van der Waals surface area contributed by atoms with Crippen LogP contribution in [0.4, 0.5) is 17.6 Å². The number of carboxylic acids is 1. The second-order valence-electron chi connectivity index (χ2n) is 10.2. The molecule has 8 nitrogen and oxygen atoms in total. The van der Waals surface area contributed by atoms with Crippen LogP contribution in [0.25, 0.3) is 5.52 Å². The zero-order valence-electron chi connectivity index (χ0n) is 22.6. The summed E-state index contributed by atoms with van der Waals surface area (Å²) in [4.78, 5) is 40.2. The second kappa shape index (κ2) is 13.3. The number of alkyl halides is 3. The molecule has 2 aromatic heterocycles. The molecule has 41 heavy (non-hydrogen) atoms. The number of rotatable bonds is 5. The van der Waals surface area contributed by atoms with Gasteiger partial charge in [0, 0.05) is 37.2 Å². The second-order valence-corrected chi connectivity index (χ2v) is 11.0. The molecule has 3 aromatic rings. The first-order valence-corrected chi connectivity index (χ1v) is 13.6. The lowest BCUT2D eigenvalue weighted by molar-refractivity contribution is -0.925. The Labute approximate surface area is 243 Å². The number of fused-ring (bicyclic) bond motifs is 1. The molecule has 0 saturated carbocycles. The molecule has 1 fully saturated rings. The Bertz CT molecular complexity index is 1470. The van der Waals surface area contributed by atoms with Crippen LogP contribution in [-0.2, 0) is 11.2 Å². The van der Waals surface area contributed by atoms with E-state index in [1.165, 1.54) is 17.0 Å². The van der Waals surface area contributed by atoms with Crippen molar-refractivity contribution in [3.63, 3.8) is 0 Å². The van der Waals surface area contributed by atoms with Gasteiger partial charge in [-0.2, -0.15) is 13.2 Å². The third-order valence-electron chi connectivity index (χ3n) is 7.23. The molecule has 0 aliphatic carbocycles. The fraction of sp³-hybridized carbons (Fsp3) is 0.444. The fourth-order valence-electron chi connectivity index (χ4n) is 4.69. The highest BCUT2D eigenvalue weighted by Crippen LogP contribution is 2.27.